The van der Waals surface area contributed by atoms with Gasteiger partial charge in [-0.25, -0.2) is 0 Å². The van der Waals surface area contributed by atoms with E-state index in [9.17, 15) is 9.59 Å². The maximum Gasteiger partial charge on any atom is 0.313 e. The summed E-state index contributed by atoms with van der Waals surface area (Å²) >= 11 is 7.10. The van der Waals surface area contributed by atoms with Crippen LogP contribution in [0.25, 0.3) is 0 Å². The number of carboxylic acids is 1. The van der Waals surface area contributed by atoms with Crippen LogP contribution in [-0.4, -0.2) is 28.5 Å². The normalized spacial score (nSPS) is 10.2. The zero-order valence-corrected chi connectivity index (χ0v) is 11.7. The van der Waals surface area contributed by atoms with Gasteiger partial charge in [-0.1, -0.05) is 17.7 Å². The third kappa shape index (κ3) is 4.58. The maximum atomic E-state index is 11.6. The number of thioether (sulfide) groups is 1. The fourth-order valence-corrected chi connectivity index (χ4v) is 2.38. The highest BCUT2D eigenvalue weighted by molar-refractivity contribution is 8.00. The predicted molar refractivity (Wildman–Crippen MR) is 74.5 cm³/mol. The van der Waals surface area contributed by atoms with E-state index >= 15 is 0 Å². The van der Waals surface area contributed by atoms with Crippen molar-refractivity contribution in [3.05, 3.63) is 28.3 Å². The zero-order chi connectivity index (χ0) is 13.7. The van der Waals surface area contributed by atoms with Gasteiger partial charge < -0.3 is 10.4 Å². The molecule has 6 heteroatoms. The van der Waals surface area contributed by atoms with Crippen LogP contribution in [0.1, 0.15) is 11.1 Å². The van der Waals surface area contributed by atoms with Gasteiger partial charge in [0.05, 0.1) is 22.2 Å². The Morgan fingerprint density at radius 3 is 2.56 bits per heavy atom. The van der Waals surface area contributed by atoms with Gasteiger partial charge in [0.2, 0.25) is 5.91 Å². The Hall–Kier alpha value is -1.20. The lowest BCUT2D eigenvalue weighted by molar-refractivity contribution is -0.133. The summed E-state index contributed by atoms with van der Waals surface area (Å²) in [4.78, 5) is 21.9. The summed E-state index contributed by atoms with van der Waals surface area (Å²) in [6, 6.07) is 3.69. The minimum Gasteiger partial charge on any atom is -0.481 e. The van der Waals surface area contributed by atoms with Gasteiger partial charge in [-0.05, 0) is 31.0 Å². The molecule has 0 saturated carbocycles. The second kappa shape index (κ2) is 6.66. The van der Waals surface area contributed by atoms with Crippen LogP contribution >= 0.6 is 23.4 Å². The van der Waals surface area contributed by atoms with Gasteiger partial charge in [0.15, 0.2) is 0 Å². The number of amides is 1. The van der Waals surface area contributed by atoms with E-state index in [2.05, 4.69) is 5.32 Å². The molecule has 1 amide bonds. The fourth-order valence-electron chi connectivity index (χ4n) is 1.48. The van der Waals surface area contributed by atoms with Gasteiger partial charge in [-0.2, -0.15) is 0 Å². The lowest BCUT2D eigenvalue weighted by Gasteiger charge is -2.11. The summed E-state index contributed by atoms with van der Waals surface area (Å²) in [5.41, 5.74) is 2.50. The summed E-state index contributed by atoms with van der Waals surface area (Å²) in [6.45, 7) is 3.78. The third-order valence-corrected chi connectivity index (χ3v) is 3.37. The number of nitrogens with one attached hydrogen (secondary N) is 1. The molecule has 0 aliphatic rings. The van der Waals surface area contributed by atoms with Crippen LogP contribution in [0.5, 0.6) is 0 Å². The predicted octanol–water partition coefficient (Wildman–Crippen LogP) is 2.71. The van der Waals surface area contributed by atoms with Crippen LogP contribution < -0.4 is 5.32 Å². The molecule has 0 atom stereocenters. The molecule has 18 heavy (non-hydrogen) atoms. The van der Waals surface area contributed by atoms with E-state index in [0.29, 0.717) is 10.7 Å². The first-order valence-electron chi connectivity index (χ1n) is 5.26. The number of hydrogen-bond donors (Lipinski definition) is 2. The second-order valence-corrected chi connectivity index (χ2v) is 5.27. The number of halogens is 1. The Bertz CT molecular complexity index is 453. The van der Waals surface area contributed by atoms with Crippen molar-refractivity contribution in [1.29, 1.82) is 0 Å². The van der Waals surface area contributed by atoms with Crippen molar-refractivity contribution in [3.63, 3.8) is 0 Å². The van der Waals surface area contributed by atoms with Crippen molar-refractivity contribution in [2.24, 2.45) is 0 Å². The molecule has 0 unspecified atom stereocenters. The molecule has 0 spiro atoms. The number of benzene rings is 1. The van der Waals surface area contributed by atoms with Crippen molar-refractivity contribution in [2.75, 3.05) is 16.8 Å². The molecule has 1 aromatic rings. The van der Waals surface area contributed by atoms with Crippen molar-refractivity contribution in [3.8, 4) is 0 Å². The van der Waals surface area contributed by atoms with Gasteiger partial charge in [0.25, 0.3) is 0 Å². The second-order valence-electron chi connectivity index (χ2n) is 3.87. The average molecular weight is 288 g/mol. The van der Waals surface area contributed by atoms with Crippen LogP contribution in [-0.2, 0) is 9.59 Å². The molecular formula is C12H14ClNO3S. The van der Waals surface area contributed by atoms with Gasteiger partial charge in [0, 0.05) is 0 Å². The third-order valence-electron chi connectivity index (χ3n) is 2.15. The summed E-state index contributed by atoms with van der Waals surface area (Å²) in [7, 11) is 0. The molecule has 0 radical (unpaired) electrons. The van der Waals surface area contributed by atoms with Crippen LogP contribution in [0.4, 0.5) is 5.69 Å². The molecule has 2 N–H and O–H groups in total. The number of aliphatic carboxylic acids is 1. The van der Waals surface area contributed by atoms with Crippen molar-refractivity contribution in [2.45, 2.75) is 13.8 Å². The molecule has 0 saturated heterocycles. The van der Waals surface area contributed by atoms with E-state index in [1.54, 1.807) is 6.07 Å². The van der Waals surface area contributed by atoms with Crippen molar-refractivity contribution < 1.29 is 14.7 Å². The number of carbonyl (C=O) groups excluding carboxylic acids is 1. The molecule has 0 aliphatic heterocycles. The van der Waals surface area contributed by atoms with Crippen LogP contribution in [0.2, 0.25) is 5.02 Å². The summed E-state index contributed by atoms with van der Waals surface area (Å²) in [5.74, 6) is -1.18. The highest BCUT2D eigenvalue weighted by Crippen LogP contribution is 2.27. The van der Waals surface area contributed by atoms with E-state index in [4.69, 9.17) is 16.7 Å². The largest absolute Gasteiger partial charge is 0.481 e. The van der Waals surface area contributed by atoms with Crippen LogP contribution in [0.15, 0.2) is 12.1 Å². The van der Waals surface area contributed by atoms with Crippen molar-refractivity contribution >= 4 is 40.9 Å². The van der Waals surface area contributed by atoms with Gasteiger partial charge in [-0.3, -0.25) is 9.59 Å². The zero-order valence-electron chi connectivity index (χ0n) is 10.1. The van der Waals surface area contributed by atoms with Gasteiger partial charge in [-0.15, -0.1) is 11.8 Å². The molecule has 0 aliphatic carbocycles. The lowest BCUT2D eigenvalue weighted by Crippen LogP contribution is -2.16. The minimum absolute atomic E-state index is 0.0893. The Kier molecular flexibility index (Phi) is 5.50. The molecule has 0 bridgehead atoms. The SMILES string of the molecule is Cc1cc(C)c(NC(=O)CSCC(=O)O)c(Cl)c1. The smallest absolute Gasteiger partial charge is 0.313 e. The molecule has 0 fully saturated rings. The number of carbonyl (C=O) groups is 2. The number of anilines is 1. The first kappa shape index (κ1) is 14.9. The summed E-state index contributed by atoms with van der Waals surface area (Å²) in [6.07, 6.45) is 0. The highest BCUT2D eigenvalue weighted by atomic mass is 35.5. The molecular weight excluding hydrogens is 274 g/mol. The van der Waals surface area contributed by atoms with Gasteiger partial charge >= 0.3 is 5.97 Å². The lowest BCUT2D eigenvalue weighted by atomic mass is 10.1. The molecule has 4 nitrogen and oxygen atoms in total. The number of rotatable bonds is 5. The fraction of sp³-hybridized carbons (Fsp3) is 0.333. The quantitative estimate of drug-likeness (QED) is 0.874. The van der Waals surface area contributed by atoms with E-state index in [0.717, 1.165) is 22.9 Å². The van der Waals surface area contributed by atoms with Crippen molar-refractivity contribution in [1.82, 2.24) is 0 Å². The molecule has 0 heterocycles. The Morgan fingerprint density at radius 2 is 2.00 bits per heavy atom. The molecule has 1 aromatic carbocycles. The maximum absolute atomic E-state index is 11.6. The van der Waals surface area contributed by atoms with E-state index in [-0.39, 0.29) is 17.4 Å². The number of aryl methyl sites for hydroxylation is 2. The van der Waals surface area contributed by atoms with E-state index in [1.807, 2.05) is 19.9 Å². The molecule has 98 valence electrons. The highest BCUT2D eigenvalue weighted by Gasteiger charge is 2.10. The van der Waals surface area contributed by atoms with E-state index < -0.39 is 5.97 Å². The Morgan fingerprint density at radius 1 is 1.33 bits per heavy atom. The van der Waals surface area contributed by atoms with Crippen LogP contribution in [0.3, 0.4) is 0 Å². The van der Waals surface area contributed by atoms with E-state index in [1.165, 1.54) is 0 Å². The Balaban J connectivity index is 2.62. The Labute approximate surface area is 115 Å². The summed E-state index contributed by atoms with van der Waals surface area (Å²) in [5, 5.41) is 11.6. The average Bonchev–Trinajstić information content (AvgIpc) is 2.22. The minimum atomic E-state index is -0.933. The topological polar surface area (TPSA) is 66.4 Å². The standard InChI is InChI=1S/C12H14ClNO3S/c1-7-3-8(2)12(9(13)4-7)14-10(15)5-18-6-11(16)17/h3-4H,5-6H2,1-2H3,(H,14,15)(H,16,17). The van der Waals surface area contributed by atoms with Gasteiger partial charge in [0.1, 0.15) is 0 Å². The molecule has 1 rings (SSSR count). The number of carboxylic acid groups (broad SMARTS) is 1. The summed E-state index contributed by atoms with van der Waals surface area (Å²) < 4.78 is 0. The number of hydrogen-bond acceptors (Lipinski definition) is 3. The first-order valence-corrected chi connectivity index (χ1v) is 6.79. The molecule has 0 aromatic heterocycles. The van der Waals surface area contributed by atoms with Crippen LogP contribution in [0, 0.1) is 13.8 Å². The first-order chi connectivity index (χ1) is 8.40. The monoisotopic (exact) mass is 287 g/mol.